The Labute approximate surface area is 160 Å². The van der Waals surface area contributed by atoms with E-state index in [0.29, 0.717) is 32.8 Å². The Balaban J connectivity index is 2.43. The van der Waals surface area contributed by atoms with Gasteiger partial charge >= 0.3 is 0 Å². The fraction of sp³-hybridized carbons (Fsp3) is 0.0500. The van der Waals surface area contributed by atoms with E-state index in [9.17, 15) is 14.7 Å². The molecule has 7 heteroatoms. The maximum Gasteiger partial charge on any atom is 0.170 e. The van der Waals surface area contributed by atoms with Gasteiger partial charge in [0.25, 0.3) is 0 Å². The van der Waals surface area contributed by atoms with Gasteiger partial charge in [-0.1, -0.05) is 41.0 Å². The quantitative estimate of drug-likeness (QED) is 0.264. The molecule has 0 bridgehead atoms. The molecule has 0 saturated carbocycles. The summed E-state index contributed by atoms with van der Waals surface area (Å²) in [6.45, 7) is 0. The molecule has 0 heterocycles. The zero-order valence-corrected chi connectivity index (χ0v) is 15.0. The summed E-state index contributed by atoms with van der Waals surface area (Å²) in [6.07, 6.45) is 0. The van der Waals surface area contributed by atoms with Crippen molar-refractivity contribution in [2.45, 2.75) is 0 Å². The first-order chi connectivity index (χ1) is 13.0. The lowest BCUT2D eigenvalue weighted by Crippen LogP contribution is -2.15. The smallest absolute Gasteiger partial charge is 0.170 e. The number of ether oxygens (including phenoxy) is 1. The molecule has 3 aromatic rings. The average molecular weight is 387 g/mol. The summed E-state index contributed by atoms with van der Waals surface area (Å²) >= 11 is 6.25. The Morgan fingerprint density at radius 2 is 1.81 bits per heavy atom. The van der Waals surface area contributed by atoms with Gasteiger partial charge in [-0.25, -0.2) is 4.39 Å². The molecule has 3 rings (SSSR count). The van der Waals surface area contributed by atoms with Crippen molar-refractivity contribution in [2.24, 2.45) is 10.9 Å². The van der Waals surface area contributed by atoms with Crippen molar-refractivity contribution in [1.82, 2.24) is 0 Å². The van der Waals surface area contributed by atoms with E-state index >= 15 is 0 Å². The molecule has 0 atom stereocenters. The molecule has 138 valence electrons. The van der Waals surface area contributed by atoms with Crippen LogP contribution in [-0.4, -0.2) is 23.3 Å². The van der Waals surface area contributed by atoms with Gasteiger partial charge in [0, 0.05) is 21.7 Å². The van der Waals surface area contributed by atoms with E-state index in [4.69, 9.17) is 22.1 Å². The van der Waals surface area contributed by atoms with Crippen LogP contribution in [0.15, 0.2) is 59.8 Å². The number of benzene rings is 3. The molecular weight excluding hydrogens is 371 g/mol. The second-order valence-electron chi connectivity index (χ2n) is 5.73. The summed E-state index contributed by atoms with van der Waals surface area (Å²) in [5, 5.41) is 22.2. The minimum atomic E-state index is -0.549. The molecule has 5 nitrogen and oxygen atoms in total. The van der Waals surface area contributed by atoms with Crippen LogP contribution < -0.4 is 10.5 Å². The number of nitrogens with zero attached hydrogens (tertiary/aromatic N) is 1. The summed E-state index contributed by atoms with van der Waals surface area (Å²) < 4.78 is 19.6. The first-order valence-electron chi connectivity index (χ1n) is 7.90. The van der Waals surface area contributed by atoms with Gasteiger partial charge in [-0.15, -0.1) is 0 Å². The van der Waals surface area contributed by atoms with Gasteiger partial charge in [-0.3, -0.25) is 0 Å². The third kappa shape index (κ3) is 3.52. The number of nitrogens with two attached hydrogens (primary N) is 1. The Kier molecular flexibility index (Phi) is 5.19. The first-order valence-corrected chi connectivity index (χ1v) is 8.27. The maximum absolute atomic E-state index is 14.3. The van der Waals surface area contributed by atoms with E-state index in [2.05, 4.69) is 5.16 Å². The van der Waals surface area contributed by atoms with Crippen LogP contribution in [0.4, 0.5) is 4.39 Å². The highest BCUT2D eigenvalue weighted by molar-refractivity contribution is 6.31. The fourth-order valence-corrected chi connectivity index (χ4v) is 3.15. The third-order valence-corrected chi connectivity index (χ3v) is 4.32. The standard InChI is InChI=1S/C20H16ClFN2O3/c1-27-19-14(3-2-4-17(19)22)18-15(11-5-7-13(25)8-6-11)9-12(21)10-16(18)20(23)24-26/h2-10,25-26H,1H3,(H2,23,24). The largest absolute Gasteiger partial charge is 0.508 e. The Morgan fingerprint density at radius 3 is 2.44 bits per heavy atom. The topological polar surface area (TPSA) is 88.1 Å². The van der Waals surface area contributed by atoms with Gasteiger partial charge in [0.2, 0.25) is 0 Å². The minimum absolute atomic E-state index is 0.0202. The van der Waals surface area contributed by atoms with Crippen molar-refractivity contribution in [3.05, 3.63) is 71.0 Å². The monoisotopic (exact) mass is 386 g/mol. The average Bonchev–Trinajstić information content (AvgIpc) is 2.67. The third-order valence-electron chi connectivity index (χ3n) is 4.11. The molecule has 0 aliphatic rings. The lowest BCUT2D eigenvalue weighted by Gasteiger charge is -2.18. The number of phenolic OH excluding ortho intramolecular Hbond substituents is 1. The molecule has 4 N–H and O–H groups in total. The number of para-hydroxylation sites is 1. The van der Waals surface area contributed by atoms with Crippen molar-refractivity contribution in [1.29, 1.82) is 0 Å². The molecule has 0 unspecified atom stereocenters. The van der Waals surface area contributed by atoms with Crippen LogP contribution >= 0.6 is 11.6 Å². The molecule has 27 heavy (non-hydrogen) atoms. The highest BCUT2D eigenvalue weighted by Gasteiger charge is 2.21. The van der Waals surface area contributed by atoms with Crippen LogP contribution in [0.2, 0.25) is 5.02 Å². The number of hydrogen-bond donors (Lipinski definition) is 3. The molecule has 0 radical (unpaired) electrons. The van der Waals surface area contributed by atoms with Gasteiger partial charge in [0.1, 0.15) is 5.75 Å². The van der Waals surface area contributed by atoms with Gasteiger partial charge in [0.15, 0.2) is 17.4 Å². The predicted octanol–water partition coefficient (Wildman–Crippen LogP) is 4.62. The van der Waals surface area contributed by atoms with Gasteiger partial charge in [-0.2, -0.15) is 0 Å². The highest BCUT2D eigenvalue weighted by atomic mass is 35.5. The van der Waals surface area contributed by atoms with E-state index in [-0.39, 0.29) is 17.3 Å². The predicted molar refractivity (Wildman–Crippen MR) is 103 cm³/mol. The van der Waals surface area contributed by atoms with E-state index < -0.39 is 5.82 Å². The number of hydrogen-bond acceptors (Lipinski definition) is 4. The Morgan fingerprint density at radius 1 is 1.11 bits per heavy atom. The number of aromatic hydroxyl groups is 1. The number of rotatable bonds is 4. The summed E-state index contributed by atoms with van der Waals surface area (Å²) in [7, 11) is 1.36. The normalized spacial score (nSPS) is 11.4. The molecule has 0 amide bonds. The lowest BCUT2D eigenvalue weighted by atomic mass is 9.89. The molecular formula is C20H16ClFN2O3. The first kappa shape index (κ1) is 18.5. The number of amidine groups is 1. The van der Waals surface area contributed by atoms with Crippen molar-refractivity contribution in [2.75, 3.05) is 7.11 Å². The zero-order chi connectivity index (χ0) is 19.6. The summed E-state index contributed by atoms with van der Waals surface area (Å²) in [5.74, 6) is -0.611. The van der Waals surface area contributed by atoms with Crippen LogP contribution in [0.1, 0.15) is 5.56 Å². The van der Waals surface area contributed by atoms with Gasteiger partial charge in [0.05, 0.1) is 7.11 Å². The van der Waals surface area contributed by atoms with Crippen LogP contribution in [0.5, 0.6) is 11.5 Å². The van der Waals surface area contributed by atoms with Crippen LogP contribution in [0, 0.1) is 5.82 Å². The van der Waals surface area contributed by atoms with E-state index in [1.165, 1.54) is 31.4 Å². The Bertz CT molecular complexity index is 1020. The zero-order valence-electron chi connectivity index (χ0n) is 14.3. The van der Waals surface area contributed by atoms with E-state index in [1.54, 1.807) is 30.3 Å². The SMILES string of the molecule is COc1c(F)cccc1-c1c(C(N)=NO)cc(Cl)cc1-c1ccc(O)cc1. The van der Waals surface area contributed by atoms with Crippen molar-refractivity contribution >= 4 is 17.4 Å². The van der Waals surface area contributed by atoms with E-state index in [0.717, 1.165) is 0 Å². The maximum atomic E-state index is 14.3. The van der Waals surface area contributed by atoms with Crippen LogP contribution in [0.25, 0.3) is 22.3 Å². The summed E-state index contributed by atoms with van der Waals surface area (Å²) in [4.78, 5) is 0. The molecule has 3 aromatic carbocycles. The molecule has 0 aromatic heterocycles. The van der Waals surface area contributed by atoms with Gasteiger partial charge < -0.3 is 20.8 Å². The fourth-order valence-electron chi connectivity index (χ4n) is 2.93. The van der Waals surface area contributed by atoms with Crippen LogP contribution in [-0.2, 0) is 0 Å². The summed E-state index contributed by atoms with van der Waals surface area (Å²) in [6, 6.07) is 14.1. The van der Waals surface area contributed by atoms with Crippen molar-refractivity contribution in [3.8, 4) is 33.8 Å². The molecule has 0 saturated heterocycles. The van der Waals surface area contributed by atoms with Crippen LogP contribution in [0.3, 0.4) is 0 Å². The van der Waals surface area contributed by atoms with Crippen molar-refractivity contribution in [3.63, 3.8) is 0 Å². The molecule has 0 aliphatic heterocycles. The highest BCUT2D eigenvalue weighted by Crippen LogP contribution is 2.42. The number of oxime groups is 1. The second kappa shape index (κ2) is 7.55. The van der Waals surface area contributed by atoms with E-state index in [1.807, 2.05) is 0 Å². The second-order valence-corrected chi connectivity index (χ2v) is 6.17. The summed E-state index contributed by atoms with van der Waals surface area (Å²) in [5.41, 5.74) is 8.39. The van der Waals surface area contributed by atoms with Gasteiger partial charge in [-0.05, 0) is 41.5 Å². The number of methoxy groups -OCH3 is 1. The van der Waals surface area contributed by atoms with Crippen molar-refractivity contribution < 1.29 is 19.4 Å². The number of halogens is 2. The molecule has 0 fully saturated rings. The molecule has 0 spiro atoms. The lowest BCUT2D eigenvalue weighted by molar-refractivity contribution is 0.318. The minimum Gasteiger partial charge on any atom is -0.508 e. The Hall–Kier alpha value is -3.25. The number of phenols is 1. The molecule has 0 aliphatic carbocycles.